The zero-order valence-corrected chi connectivity index (χ0v) is 14.3. The number of rotatable bonds is 7. The summed E-state index contributed by atoms with van der Waals surface area (Å²) in [6, 6.07) is 16.2. The van der Waals surface area contributed by atoms with E-state index in [0.29, 0.717) is 12.1 Å². The zero-order chi connectivity index (χ0) is 18.2. The Balaban J connectivity index is 1.76. The Morgan fingerprint density at radius 2 is 1.72 bits per heavy atom. The number of esters is 1. The number of nitrogens with one attached hydrogen (secondary N) is 1. The molecule has 1 amide bonds. The van der Waals surface area contributed by atoms with Crippen LogP contribution >= 0.6 is 0 Å². The minimum atomic E-state index is -1.40. The topological polar surface area (TPSA) is 78.9 Å². The van der Waals surface area contributed by atoms with Gasteiger partial charge in [-0.2, -0.15) is 0 Å². The highest BCUT2D eigenvalue weighted by Gasteiger charge is 2.19. The molecule has 0 radical (unpaired) electrons. The normalized spacial score (nSPS) is 11.5. The molecule has 6 nitrogen and oxygen atoms in total. The SMILES string of the molecule is CN(C)c1ccc(CNC(=O)COC(=O)[C@@H](O)c2ccccc2)cc1. The maximum Gasteiger partial charge on any atom is 0.340 e. The van der Waals surface area contributed by atoms with Gasteiger partial charge in [-0.25, -0.2) is 4.79 Å². The van der Waals surface area contributed by atoms with Gasteiger partial charge in [-0.15, -0.1) is 0 Å². The fraction of sp³-hybridized carbons (Fsp3) is 0.263. The van der Waals surface area contributed by atoms with E-state index in [1.165, 1.54) is 0 Å². The summed E-state index contributed by atoms with van der Waals surface area (Å²) in [4.78, 5) is 25.5. The molecule has 6 heteroatoms. The van der Waals surface area contributed by atoms with Gasteiger partial charge in [0.1, 0.15) is 0 Å². The first-order chi connectivity index (χ1) is 12.0. The van der Waals surface area contributed by atoms with Crippen molar-refractivity contribution in [1.29, 1.82) is 0 Å². The highest BCUT2D eigenvalue weighted by molar-refractivity contribution is 5.82. The molecule has 0 unspecified atom stereocenters. The summed E-state index contributed by atoms with van der Waals surface area (Å²) < 4.78 is 4.85. The molecular weight excluding hydrogens is 320 g/mol. The minimum Gasteiger partial charge on any atom is -0.453 e. The van der Waals surface area contributed by atoms with Crippen LogP contribution in [-0.2, 0) is 20.9 Å². The van der Waals surface area contributed by atoms with Crippen molar-refractivity contribution in [2.24, 2.45) is 0 Å². The average molecular weight is 342 g/mol. The summed E-state index contributed by atoms with van der Waals surface area (Å²) in [7, 11) is 3.91. The van der Waals surface area contributed by atoms with Gasteiger partial charge >= 0.3 is 5.97 Å². The third-order valence-corrected chi connectivity index (χ3v) is 3.63. The van der Waals surface area contributed by atoms with Crippen molar-refractivity contribution in [1.82, 2.24) is 5.32 Å². The summed E-state index contributed by atoms with van der Waals surface area (Å²) in [5.41, 5.74) is 2.43. The first kappa shape index (κ1) is 18.5. The fourth-order valence-corrected chi connectivity index (χ4v) is 2.15. The lowest BCUT2D eigenvalue weighted by Gasteiger charge is -2.13. The van der Waals surface area contributed by atoms with Crippen molar-refractivity contribution in [2.45, 2.75) is 12.6 Å². The second-order valence-electron chi connectivity index (χ2n) is 5.76. The van der Waals surface area contributed by atoms with Gasteiger partial charge in [0.05, 0.1) is 0 Å². The van der Waals surface area contributed by atoms with Gasteiger partial charge in [0.25, 0.3) is 5.91 Å². The van der Waals surface area contributed by atoms with Crippen LogP contribution in [0.5, 0.6) is 0 Å². The van der Waals surface area contributed by atoms with Crippen LogP contribution in [0.15, 0.2) is 54.6 Å². The largest absolute Gasteiger partial charge is 0.453 e. The van der Waals surface area contributed by atoms with Gasteiger partial charge in [-0.1, -0.05) is 42.5 Å². The minimum absolute atomic E-state index is 0.339. The van der Waals surface area contributed by atoms with Crippen molar-refractivity contribution < 1.29 is 19.4 Å². The third-order valence-electron chi connectivity index (χ3n) is 3.63. The van der Waals surface area contributed by atoms with Crippen LogP contribution in [0.4, 0.5) is 5.69 Å². The van der Waals surface area contributed by atoms with E-state index in [9.17, 15) is 14.7 Å². The number of hydrogen-bond acceptors (Lipinski definition) is 5. The lowest BCUT2D eigenvalue weighted by Crippen LogP contribution is -2.29. The van der Waals surface area contributed by atoms with Crippen LogP contribution in [0, 0.1) is 0 Å². The summed E-state index contributed by atoms with van der Waals surface area (Å²) >= 11 is 0. The van der Waals surface area contributed by atoms with Crippen molar-refractivity contribution in [3.8, 4) is 0 Å². The monoisotopic (exact) mass is 342 g/mol. The molecule has 2 N–H and O–H groups in total. The van der Waals surface area contributed by atoms with Crippen molar-refractivity contribution in [3.63, 3.8) is 0 Å². The Labute approximate surface area is 147 Å². The second kappa shape index (κ2) is 8.84. The van der Waals surface area contributed by atoms with Gasteiger partial charge in [-0.3, -0.25) is 4.79 Å². The highest BCUT2D eigenvalue weighted by atomic mass is 16.5. The van der Waals surface area contributed by atoms with E-state index in [2.05, 4.69) is 5.32 Å². The average Bonchev–Trinajstić information content (AvgIpc) is 2.64. The van der Waals surface area contributed by atoms with Gasteiger partial charge in [0.2, 0.25) is 0 Å². The number of benzene rings is 2. The maximum atomic E-state index is 11.8. The van der Waals surface area contributed by atoms with Gasteiger partial charge in [0.15, 0.2) is 12.7 Å². The molecular formula is C19H22N2O4. The lowest BCUT2D eigenvalue weighted by molar-refractivity contribution is -0.157. The smallest absolute Gasteiger partial charge is 0.340 e. The molecule has 0 aliphatic heterocycles. The number of aliphatic hydroxyl groups is 1. The van der Waals surface area contributed by atoms with E-state index < -0.39 is 24.6 Å². The summed E-state index contributed by atoms with van der Waals surface area (Å²) in [6.07, 6.45) is -1.40. The van der Waals surface area contributed by atoms with E-state index in [4.69, 9.17) is 4.74 Å². The van der Waals surface area contributed by atoms with Gasteiger partial charge in [0, 0.05) is 26.3 Å². The first-order valence-corrected chi connectivity index (χ1v) is 7.90. The number of anilines is 1. The van der Waals surface area contributed by atoms with Crippen molar-refractivity contribution in [3.05, 3.63) is 65.7 Å². The standard InChI is InChI=1S/C19H22N2O4/c1-21(2)16-10-8-14(9-11-16)12-20-17(22)13-25-19(24)18(23)15-6-4-3-5-7-15/h3-11,18,23H,12-13H2,1-2H3,(H,20,22)/t18-/m0/s1. The van der Waals surface area contributed by atoms with Crippen LogP contribution in [0.2, 0.25) is 0 Å². The Hall–Kier alpha value is -2.86. The molecule has 0 aliphatic carbocycles. The molecule has 0 saturated heterocycles. The number of carbonyl (C=O) groups is 2. The quantitative estimate of drug-likeness (QED) is 0.748. The Morgan fingerprint density at radius 3 is 2.32 bits per heavy atom. The highest BCUT2D eigenvalue weighted by Crippen LogP contribution is 2.14. The Kier molecular flexibility index (Phi) is 6.54. The number of amides is 1. The van der Waals surface area contributed by atoms with E-state index in [0.717, 1.165) is 11.3 Å². The van der Waals surface area contributed by atoms with Gasteiger partial charge < -0.3 is 20.1 Å². The van der Waals surface area contributed by atoms with Crippen LogP contribution in [0.25, 0.3) is 0 Å². The summed E-state index contributed by atoms with van der Waals surface area (Å²) in [5, 5.41) is 12.5. The maximum absolute atomic E-state index is 11.8. The van der Waals surface area contributed by atoms with E-state index in [-0.39, 0.29) is 0 Å². The molecule has 0 spiro atoms. The molecule has 0 aromatic heterocycles. The molecule has 2 rings (SSSR count). The van der Waals surface area contributed by atoms with Crippen LogP contribution in [-0.4, -0.2) is 37.7 Å². The molecule has 25 heavy (non-hydrogen) atoms. The molecule has 132 valence electrons. The zero-order valence-electron chi connectivity index (χ0n) is 14.3. The predicted molar refractivity (Wildman–Crippen MR) is 95.0 cm³/mol. The number of carbonyl (C=O) groups excluding carboxylic acids is 2. The van der Waals surface area contributed by atoms with E-state index >= 15 is 0 Å². The summed E-state index contributed by atoms with van der Waals surface area (Å²) in [6.45, 7) is -0.0934. The van der Waals surface area contributed by atoms with Crippen LogP contribution < -0.4 is 10.2 Å². The Bertz CT molecular complexity index is 699. The molecule has 0 saturated carbocycles. The number of nitrogens with zero attached hydrogens (tertiary/aromatic N) is 1. The first-order valence-electron chi connectivity index (χ1n) is 7.90. The van der Waals surface area contributed by atoms with Crippen LogP contribution in [0.1, 0.15) is 17.2 Å². The second-order valence-corrected chi connectivity index (χ2v) is 5.76. The number of ether oxygens (including phenoxy) is 1. The predicted octanol–water partition coefficient (Wildman–Crippen LogP) is 1.65. The molecule has 0 aliphatic rings. The van der Waals surface area contributed by atoms with E-state index in [1.54, 1.807) is 30.3 Å². The van der Waals surface area contributed by atoms with Gasteiger partial charge in [-0.05, 0) is 23.3 Å². The molecule has 1 atom stereocenters. The van der Waals surface area contributed by atoms with Crippen molar-refractivity contribution >= 4 is 17.6 Å². The third kappa shape index (κ3) is 5.61. The Morgan fingerprint density at radius 1 is 1.08 bits per heavy atom. The van der Waals surface area contributed by atoms with E-state index in [1.807, 2.05) is 43.3 Å². The number of aliphatic hydroxyl groups excluding tert-OH is 1. The van der Waals surface area contributed by atoms with Crippen LogP contribution in [0.3, 0.4) is 0 Å². The fourth-order valence-electron chi connectivity index (χ4n) is 2.15. The molecule has 0 bridgehead atoms. The molecule has 0 fully saturated rings. The molecule has 2 aromatic carbocycles. The molecule has 0 heterocycles. The van der Waals surface area contributed by atoms with Crippen molar-refractivity contribution in [2.75, 3.05) is 25.6 Å². The number of hydrogen-bond donors (Lipinski definition) is 2. The lowest BCUT2D eigenvalue weighted by atomic mass is 10.1. The molecule has 2 aromatic rings. The summed E-state index contributed by atoms with van der Waals surface area (Å²) in [5.74, 6) is -1.28.